The minimum Gasteiger partial charge on any atom is -0.461 e. The molecule has 0 radical (unpaired) electrons. The molecule has 14 heavy (non-hydrogen) atoms. The van der Waals surface area contributed by atoms with Crippen molar-refractivity contribution in [3.05, 3.63) is 35.4 Å². The van der Waals surface area contributed by atoms with Crippen LogP contribution in [0.4, 0.5) is 0 Å². The van der Waals surface area contributed by atoms with Gasteiger partial charge in [0.1, 0.15) is 0 Å². The summed E-state index contributed by atoms with van der Waals surface area (Å²) in [5, 5.41) is 3.31. The Labute approximate surface area is 80.8 Å². The largest absolute Gasteiger partial charge is 0.461 e. The minimum atomic E-state index is 0.00525. The molecule has 0 amide bonds. The van der Waals surface area contributed by atoms with E-state index in [9.17, 15) is 4.79 Å². The van der Waals surface area contributed by atoms with E-state index < -0.39 is 0 Å². The second-order valence-corrected chi connectivity index (χ2v) is 4.34. The van der Waals surface area contributed by atoms with Crippen molar-refractivity contribution in [1.29, 1.82) is 0 Å². The van der Waals surface area contributed by atoms with Crippen molar-refractivity contribution in [3.8, 4) is 0 Å². The zero-order valence-corrected chi connectivity index (χ0v) is 7.54. The van der Waals surface area contributed by atoms with Gasteiger partial charge >= 0.3 is 0 Å². The lowest BCUT2D eigenvalue weighted by Gasteiger charge is -2.19. The maximum atomic E-state index is 11.6. The molecule has 2 atom stereocenters. The Hall–Kier alpha value is -1.51. The first-order valence-corrected chi connectivity index (χ1v) is 4.91. The van der Waals surface area contributed by atoms with Crippen molar-refractivity contribution in [2.45, 2.75) is 11.8 Å². The first-order chi connectivity index (χ1) is 6.82. The smallest absolute Gasteiger partial charge is 0.223 e. The van der Waals surface area contributed by atoms with E-state index in [1.54, 1.807) is 12.3 Å². The SMILES string of the molecule is O=C1C=C2NCC3CC23c2ccoc21. The van der Waals surface area contributed by atoms with Crippen LogP contribution in [0.25, 0.3) is 0 Å². The summed E-state index contributed by atoms with van der Waals surface area (Å²) in [5.41, 5.74) is 2.35. The maximum Gasteiger partial charge on any atom is 0.223 e. The van der Waals surface area contributed by atoms with Gasteiger partial charge in [0.15, 0.2) is 5.76 Å². The predicted octanol–water partition coefficient (Wildman–Crippen LogP) is 1.22. The molecule has 3 heteroatoms. The fraction of sp³-hybridized carbons (Fsp3) is 0.364. The van der Waals surface area contributed by atoms with E-state index in [0.29, 0.717) is 11.7 Å². The van der Waals surface area contributed by atoms with Crippen LogP contribution in [0, 0.1) is 5.92 Å². The number of ketones is 1. The Kier molecular flexibility index (Phi) is 0.884. The van der Waals surface area contributed by atoms with Crippen LogP contribution in [-0.2, 0) is 5.41 Å². The number of allylic oxidation sites excluding steroid dienone is 2. The van der Waals surface area contributed by atoms with Gasteiger partial charge in [0.25, 0.3) is 0 Å². The number of hydrogen-bond acceptors (Lipinski definition) is 3. The number of furan rings is 1. The lowest BCUT2D eigenvalue weighted by molar-refractivity contribution is 0.101. The second kappa shape index (κ2) is 1.80. The maximum absolute atomic E-state index is 11.6. The molecular weight excluding hydrogens is 178 g/mol. The van der Waals surface area contributed by atoms with Crippen LogP contribution < -0.4 is 5.32 Å². The third-order valence-corrected chi connectivity index (χ3v) is 3.77. The monoisotopic (exact) mass is 187 g/mol. The fourth-order valence-corrected chi connectivity index (χ4v) is 3.00. The third-order valence-electron chi connectivity index (χ3n) is 3.77. The van der Waals surface area contributed by atoms with Crippen molar-refractivity contribution in [2.75, 3.05) is 6.54 Å². The quantitative estimate of drug-likeness (QED) is 0.664. The van der Waals surface area contributed by atoms with E-state index in [2.05, 4.69) is 5.32 Å². The van der Waals surface area contributed by atoms with Crippen molar-refractivity contribution < 1.29 is 9.21 Å². The van der Waals surface area contributed by atoms with Gasteiger partial charge in [-0.15, -0.1) is 0 Å². The molecule has 2 aliphatic carbocycles. The Morgan fingerprint density at radius 3 is 3.36 bits per heavy atom. The molecule has 1 saturated carbocycles. The summed E-state index contributed by atoms with van der Waals surface area (Å²) < 4.78 is 5.25. The molecule has 3 aliphatic rings. The molecule has 1 spiro atoms. The molecule has 1 aromatic rings. The summed E-state index contributed by atoms with van der Waals surface area (Å²) in [5.74, 6) is 1.24. The van der Waals surface area contributed by atoms with Gasteiger partial charge in [0, 0.05) is 29.3 Å². The Morgan fingerprint density at radius 2 is 2.50 bits per heavy atom. The van der Waals surface area contributed by atoms with Gasteiger partial charge < -0.3 is 9.73 Å². The highest BCUT2D eigenvalue weighted by atomic mass is 16.3. The molecule has 2 fully saturated rings. The van der Waals surface area contributed by atoms with Crippen molar-refractivity contribution in [2.24, 2.45) is 5.92 Å². The molecule has 2 unspecified atom stereocenters. The van der Waals surface area contributed by atoms with Crippen LogP contribution in [0.5, 0.6) is 0 Å². The number of fused-ring (bicyclic) bond motifs is 1. The van der Waals surface area contributed by atoms with E-state index in [-0.39, 0.29) is 11.2 Å². The van der Waals surface area contributed by atoms with Crippen molar-refractivity contribution in [1.82, 2.24) is 5.32 Å². The average molecular weight is 187 g/mol. The third kappa shape index (κ3) is 0.523. The zero-order valence-electron chi connectivity index (χ0n) is 7.54. The molecular formula is C11H9NO2. The predicted molar refractivity (Wildman–Crippen MR) is 48.9 cm³/mol. The van der Waals surface area contributed by atoms with Crippen LogP contribution in [0.3, 0.4) is 0 Å². The van der Waals surface area contributed by atoms with Gasteiger partial charge in [0.05, 0.1) is 6.26 Å². The van der Waals surface area contributed by atoms with E-state index in [4.69, 9.17) is 4.42 Å². The second-order valence-electron chi connectivity index (χ2n) is 4.34. The summed E-state index contributed by atoms with van der Waals surface area (Å²) in [6.45, 7) is 1.00. The van der Waals surface area contributed by atoms with Crippen molar-refractivity contribution in [3.63, 3.8) is 0 Å². The lowest BCUT2D eigenvalue weighted by Crippen LogP contribution is -2.23. The topological polar surface area (TPSA) is 42.2 Å². The molecule has 1 N–H and O–H groups in total. The lowest BCUT2D eigenvalue weighted by atomic mass is 9.86. The first-order valence-electron chi connectivity index (χ1n) is 4.91. The molecule has 2 heterocycles. The molecule has 3 nitrogen and oxygen atoms in total. The highest BCUT2D eigenvalue weighted by Crippen LogP contribution is 2.63. The molecule has 1 aromatic heterocycles. The summed E-state index contributed by atoms with van der Waals surface area (Å²) in [6.07, 6.45) is 4.51. The molecule has 0 bridgehead atoms. The number of hydrogen-bond donors (Lipinski definition) is 1. The molecule has 1 aliphatic heterocycles. The van der Waals surface area contributed by atoms with Crippen LogP contribution in [0.15, 0.2) is 28.5 Å². The summed E-state index contributed by atoms with van der Waals surface area (Å²) in [6, 6.07) is 1.95. The van der Waals surface area contributed by atoms with Crippen LogP contribution in [0.2, 0.25) is 0 Å². The van der Waals surface area contributed by atoms with Gasteiger partial charge in [-0.05, 0) is 18.4 Å². The summed E-state index contributed by atoms with van der Waals surface area (Å²) >= 11 is 0. The van der Waals surface area contributed by atoms with Gasteiger partial charge in [0.2, 0.25) is 5.78 Å². The highest BCUT2D eigenvalue weighted by molar-refractivity contribution is 6.06. The molecule has 0 aromatic carbocycles. The summed E-state index contributed by atoms with van der Waals surface area (Å²) in [7, 11) is 0. The Morgan fingerprint density at radius 1 is 1.57 bits per heavy atom. The van der Waals surface area contributed by atoms with Gasteiger partial charge in [-0.3, -0.25) is 4.79 Å². The van der Waals surface area contributed by atoms with Gasteiger partial charge in [-0.2, -0.15) is 0 Å². The summed E-state index contributed by atoms with van der Waals surface area (Å²) in [4.78, 5) is 11.6. The van der Waals surface area contributed by atoms with E-state index in [1.807, 2.05) is 6.07 Å². The number of nitrogens with one attached hydrogen (secondary N) is 1. The van der Waals surface area contributed by atoms with Gasteiger partial charge in [-0.1, -0.05) is 0 Å². The van der Waals surface area contributed by atoms with Crippen LogP contribution in [0.1, 0.15) is 22.5 Å². The highest BCUT2D eigenvalue weighted by Gasteiger charge is 2.64. The number of piperidine rings is 1. The first kappa shape index (κ1) is 6.87. The van der Waals surface area contributed by atoms with E-state index in [0.717, 1.165) is 17.8 Å². The van der Waals surface area contributed by atoms with E-state index in [1.165, 1.54) is 6.42 Å². The van der Waals surface area contributed by atoms with Crippen molar-refractivity contribution >= 4 is 5.78 Å². The fourth-order valence-electron chi connectivity index (χ4n) is 3.00. The number of rotatable bonds is 0. The normalized spacial score (nSPS) is 36.7. The Balaban J connectivity index is 2.05. The number of carbonyl (C=O) groups excluding carboxylic acids is 1. The molecule has 4 rings (SSSR count). The Bertz CT molecular complexity index is 485. The number of carbonyl (C=O) groups is 1. The average Bonchev–Trinajstić information content (AvgIpc) is 2.62. The van der Waals surface area contributed by atoms with Crippen LogP contribution in [-0.4, -0.2) is 12.3 Å². The molecule has 1 saturated heterocycles. The van der Waals surface area contributed by atoms with Gasteiger partial charge in [-0.25, -0.2) is 0 Å². The standard InChI is InChI=1S/C11H9NO2/c13-8-3-9-11(4-6(11)5-12-9)7-1-2-14-10(7)8/h1-3,6,12H,4-5H2. The van der Waals surface area contributed by atoms with Crippen LogP contribution >= 0.6 is 0 Å². The van der Waals surface area contributed by atoms with E-state index >= 15 is 0 Å². The zero-order chi connectivity index (χ0) is 9.34. The molecule has 70 valence electrons. The minimum absolute atomic E-state index is 0.00525.